The quantitative estimate of drug-likeness (QED) is 0.405. The average molecular weight is 473 g/mol. The summed E-state index contributed by atoms with van der Waals surface area (Å²) in [6, 6.07) is 8.61. The Morgan fingerprint density at radius 2 is 1.41 bits per heavy atom. The highest BCUT2D eigenvalue weighted by atomic mass is 19.2. The highest BCUT2D eigenvalue weighted by molar-refractivity contribution is 5.51. The topological polar surface area (TPSA) is 18.5 Å². The van der Waals surface area contributed by atoms with Crippen LogP contribution in [0.3, 0.4) is 0 Å². The van der Waals surface area contributed by atoms with Crippen molar-refractivity contribution in [1.29, 1.82) is 0 Å². The molecular formula is C29H35F3O2. The van der Waals surface area contributed by atoms with Gasteiger partial charge in [0.25, 0.3) is 0 Å². The Bertz CT molecular complexity index is 987. The fraction of sp³-hybridized carbons (Fsp3) is 0.517. The van der Waals surface area contributed by atoms with Gasteiger partial charge in [0.05, 0.1) is 12.7 Å². The summed E-state index contributed by atoms with van der Waals surface area (Å²) < 4.78 is 54.8. The minimum Gasteiger partial charge on any atom is -0.491 e. The van der Waals surface area contributed by atoms with E-state index in [4.69, 9.17) is 9.47 Å². The van der Waals surface area contributed by atoms with Gasteiger partial charge in [-0.1, -0.05) is 30.4 Å². The second-order valence-corrected chi connectivity index (χ2v) is 9.68. The van der Waals surface area contributed by atoms with Crippen LogP contribution in [0.15, 0.2) is 36.4 Å². The van der Waals surface area contributed by atoms with Gasteiger partial charge in [-0.15, -0.1) is 0 Å². The summed E-state index contributed by atoms with van der Waals surface area (Å²) in [6.07, 6.45) is 11.2. The summed E-state index contributed by atoms with van der Waals surface area (Å²) in [6.45, 7) is 2.25. The zero-order valence-corrected chi connectivity index (χ0v) is 20.2. The summed E-state index contributed by atoms with van der Waals surface area (Å²) >= 11 is 0. The molecule has 34 heavy (non-hydrogen) atoms. The summed E-state index contributed by atoms with van der Waals surface area (Å²) in [5.74, 6) is -0.936. The van der Waals surface area contributed by atoms with Crippen molar-refractivity contribution in [2.24, 2.45) is 5.92 Å². The van der Waals surface area contributed by atoms with Crippen LogP contribution in [-0.4, -0.2) is 19.8 Å². The van der Waals surface area contributed by atoms with E-state index >= 15 is 8.78 Å². The van der Waals surface area contributed by atoms with Crippen molar-refractivity contribution in [2.75, 3.05) is 13.7 Å². The van der Waals surface area contributed by atoms with E-state index in [0.29, 0.717) is 23.7 Å². The van der Waals surface area contributed by atoms with Gasteiger partial charge in [0.15, 0.2) is 23.2 Å². The zero-order chi connectivity index (χ0) is 24.1. The molecule has 2 aromatic carbocycles. The van der Waals surface area contributed by atoms with Crippen molar-refractivity contribution in [3.63, 3.8) is 0 Å². The largest absolute Gasteiger partial charge is 0.491 e. The van der Waals surface area contributed by atoms with E-state index in [2.05, 4.69) is 6.08 Å². The maximum Gasteiger partial charge on any atom is 0.165 e. The lowest BCUT2D eigenvalue weighted by molar-refractivity contribution is 0.0655. The van der Waals surface area contributed by atoms with Crippen LogP contribution >= 0.6 is 0 Å². The highest BCUT2D eigenvalue weighted by Gasteiger charge is 2.29. The van der Waals surface area contributed by atoms with Gasteiger partial charge in [0.2, 0.25) is 0 Å². The molecule has 0 spiro atoms. The molecule has 0 unspecified atom stereocenters. The standard InChI is InChI=1S/C29H35F3O2/c1-3-34-27-17-8-20(18-26(27)30)5-4-19-6-9-21(10-7-19)24-15-16-25(29(32)28(24)31)22-11-13-23(33-2)14-12-22/h4-5,8,15-19,21-23H,3,6-7,9-14H2,1-2H3/b5-4+. The number of methoxy groups -OCH3 is 1. The molecule has 0 atom stereocenters. The van der Waals surface area contributed by atoms with Crippen LogP contribution in [0.25, 0.3) is 6.08 Å². The van der Waals surface area contributed by atoms with E-state index in [1.165, 1.54) is 6.07 Å². The Hall–Kier alpha value is -2.27. The van der Waals surface area contributed by atoms with E-state index in [-0.39, 0.29) is 29.5 Å². The van der Waals surface area contributed by atoms with Gasteiger partial charge >= 0.3 is 0 Å². The molecule has 2 nitrogen and oxygen atoms in total. The van der Waals surface area contributed by atoms with Gasteiger partial charge in [-0.05, 0) is 105 Å². The normalized spacial score (nSPS) is 25.6. The predicted octanol–water partition coefficient (Wildman–Crippen LogP) is 8.16. The molecule has 2 aliphatic carbocycles. The third-order valence-electron chi connectivity index (χ3n) is 7.62. The number of ether oxygens (including phenoxy) is 2. The first-order chi connectivity index (χ1) is 16.5. The van der Waals surface area contributed by atoms with Gasteiger partial charge in [-0.25, -0.2) is 13.2 Å². The number of rotatable bonds is 7. The summed E-state index contributed by atoms with van der Waals surface area (Å²) in [4.78, 5) is 0. The van der Waals surface area contributed by atoms with Crippen molar-refractivity contribution in [3.05, 3.63) is 70.5 Å². The lowest BCUT2D eigenvalue weighted by Crippen LogP contribution is -2.20. The fourth-order valence-electron chi connectivity index (χ4n) is 5.58. The molecule has 184 valence electrons. The van der Waals surface area contributed by atoms with E-state index < -0.39 is 11.6 Å². The lowest BCUT2D eigenvalue weighted by atomic mass is 9.77. The molecule has 0 amide bonds. The van der Waals surface area contributed by atoms with Crippen molar-refractivity contribution in [2.45, 2.75) is 76.2 Å². The number of hydrogen-bond donors (Lipinski definition) is 0. The van der Waals surface area contributed by atoms with E-state index in [1.54, 1.807) is 13.2 Å². The summed E-state index contributed by atoms with van der Waals surface area (Å²) in [5.41, 5.74) is 1.84. The van der Waals surface area contributed by atoms with Gasteiger partial charge < -0.3 is 9.47 Å². The van der Waals surface area contributed by atoms with Crippen molar-refractivity contribution >= 4 is 6.08 Å². The molecule has 2 saturated carbocycles. The van der Waals surface area contributed by atoms with Crippen molar-refractivity contribution < 1.29 is 22.6 Å². The minimum atomic E-state index is -0.657. The Morgan fingerprint density at radius 3 is 1.94 bits per heavy atom. The fourth-order valence-corrected chi connectivity index (χ4v) is 5.58. The number of halogens is 3. The van der Waals surface area contributed by atoms with Crippen LogP contribution in [0, 0.1) is 23.4 Å². The van der Waals surface area contributed by atoms with Crippen LogP contribution in [0.1, 0.15) is 86.8 Å². The van der Waals surface area contributed by atoms with Crippen molar-refractivity contribution in [3.8, 4) is 5.75 Å². The Kier molecular flexibility index (Phi) is 8.36. The number of hydrogen-bond acceptors (Lipinski definition) is 2. The van der Waals surface area contributed by atoms with E-state index in [0.717, 1.165) is 56.9 Å². The van der Waals surface area contributed by atoms with Crippen LogP contribution in [0.4, 0.5) is 13.2 Å². The van der Waals surface area contributed by atoms with Crippen molar-refractivity contribution in [1.82, 2.24) is 0 Å². The van der Waals surface area contributed by atoms with E-state index in [1.807, 2.05) is 31.2 Å². The van der Waals surface area contributed by atoms with E-state index in [9.17, 15) is 4.39 Å². The number of allylic oxidation sites excluding steroid dienone is 1. The summed E-state index contributed by atoms with van der Waals surface area (Å²) in [7, 11) is 1.71. The van der Waals surface area contributed by atoms with Crippen LogP contribution in [0.5, 0.6) is 5.75 Å². The molecule has 0 heterocycles. The zero-order valence-electron chi connectivity index (χ0n) is 20.2. The third-order valence-corrected chi connectivity index (χ3v) is 7.62. The second kappa shape index (κ2) is 11.4. The maximum absolute atomic E-state index is 15.1. The monoisotopic (exact) mass is 472 g/mol. The molecular weight excluding hydrogens is 437 g/mol. The second-order valence-electron chi connectivity index (χ2n) is 9.68. The Labute approximate surface area is 201 Å². The Balaban J connectivity index is 1.35. The predicted molar refractivity (Wildman–Crippen MR) is 130 cm³/mol. The molecule has 0 N–H and O–H groups in total. The first-order valence-corrected chi connectivity index (χ1v) is 12.6. The Morgan fingerprint density at radius 1 is 0.824 bits per heavy atom. The molecule has 0 bridgehead atoms. The van der Waals surface area contributed by atoms with Crippen LogP contribution < -0.4 is 4.74 Å². The van der Waals surface area contributed by atoms with Crippen LogP contribution in [0.2, 0.25) is 0 Å². The third kappa shape index (κ3) is 5.68. The SMILES string of the molecule is CCOc1ccc(/C=C/C2CCC(c3ccc(C4CCC(OC)CC4)c(F)c3F)CC2)cc1F. The van der Waals surface area contributed by atoms with Gasteiger partial charge in [-0.3, -0.25) is 0 Å². The average Bonchev–Trinajstić information content (AvgIpc) is 2.86. The van der Waals surface area contributed by atoms with Gasteiger partial charge in [0.1, 0.15) is 0 Å². The molecule has 0 aromatic heterocycles. The van der Waals surface area contributed by atoms with Crippen LogP contribution in [-0.2, 0) is 4.74 Å². The molecule has 2 aliphatic rings. The highest BCUT2D eigenvalue weighted by Crippen LogP contribution is 2.41. The smallest absolute Gasteiger partial charge is 0.165 e. The van der Waals surface area contributed by atoms with Gasteiger partial charge in [0, 0.05) is 7.11 Å². The lowest BCUT2D eigenvalue weighted by Gasteiger charge is -2.30. The minimum absolute atomic E-state index is 0.0420. The molecule has 5 heteroatoms. The maximum atomic E-state index is 15.1. The molecule has 0 aliphatic heterocycles. The molecule has 0 radical (unpaired) electrons. The van der Waals surface area contributed by atoms with Gasteiger partial charge in [-0.2, -0.15) is 0 Å². The molecule has 0 saturated heterocycles. The first kappa shape index (κ1) is 24.8. The molecule has 2 aromatic rings. The molecule has 4 rings (SSSR count). The first-order valence-electron chi connectivity index (χ1n) is 12.6. The summed E-state index contributed by atoms with van der Waals surface area (Å²) in [5, 5.41) is 0. The molecule has 2 fully saturated rings. The number of benzene rings is 2.